The molecular weight excluding hydrogens is 364 g/mol. The summed E-state index contributed by atoms with van der Waals surface area (Å²) < 4.78 is 9.68. The standard InChI is InChI=1S/C20H20N2O6/c1-2-27-20(26)15-8-10-16(11-9-15)22-17(23)13-28-18(24)12-21-19(25)14-6-4-3-5-7-14/h3-11H,2,12-13H2,1H3,(H,21,25)(H,22,23). The van der Waals surface area contributed by atoms with Gasteiger partial charge in [0.25, 0.3) is 11.8 Å². The number of esters is 2. The molecule has 0 aliphatic rings. The van der Waals surface area contributed by atoms with E-state index in [-0.39, 0.29) is 13.2 Å². The molecule has 0 aromatic heterocycles. The van der Waals surface area contributed by atoms with Gasteiger partial charge in [0.1, 0.15) is 6.54 Å². The number of ether oxygens (including phenoxy) is 2. The molecular formula is C20H20N2O6. The summed E-state index contributed by atoms with van der Waals surface area (Å²) in [4.78, 5) is 46.9. The fourth-order valence-corrected chi connectivity index (χ4v) is 2.14. The van der Waals surface area contributed by atoms with Crippen molar-refractivity contribution in [1.29, 1.82) is 0 Å². The largest absolute Gasteiger partial charge is 0.462 e. The van der Waals surface area contributed by atoms with Crippen LogP contribution in [0.15, 0.2) is 54.6 Å². The molecule has 0 unspecified atom stereocenters. The molecule has 0 saturated carbocycles. The van der Waals surface area contributed by atoms with Gasteiger partial charge in [0.05, 0.1) is 12.2 Å². The lowest BCUT2D eigenvalue weighted by Gasteiger charge is -2.08. The van der Waals surface area contributed by atoms with E-state index in [4.69, 9.17) is 9.47 Å². The Labute approximate surface area is 161 Å². The van der Waals surface area contributed by atoms with Crippen molar-refractivity contribution in [2.75, 3.05) is 25.1 Å². The van der Waals surface area contributed by atoms with Gasteiger partial charge in [-0.1, -0.05) is 18.2 Å². The van der Waals surface area contributed by atoms with E-state index in [9.17, 15) is 19.2 Å². The molecule has 28 heavy (non-hydrogen) atoms. The fourth-order valence-electron chi connectivity index (χ4n) is 2.14. The van der Waals surface area contributed by atoms with Crippen molar-refractivity contribution in [2.45, 2.75) is 6.92 Å². The number of rotatable bonds is 8. The Bertz CT molecular complexity index is 834. The second-order valence-corrected chi connectivity index (χ2v) is 5.56. The Kier molecular flexibility index (Phi) is 7.71. The molecule has 2 aromatic carbocycles. The van der Waals surface area contributed by atoms with E-state index in [1.807, 2.05) is 0 Å². The lowest BCUT2D eigenvalue weighted by atomic mass is 10.2. The third kappa shape index (κ3) is 6.56. The molecule has 0 atom stereocenters. The fraction of sp³-hybridized carbons (Fsp3) is 0.200. The van der Waals surface area contributed by atoms with Crippen LogP contribution in [0, 0.1) is 0 Å². The lowest BCUT2D eigenvalue weighted by molar-refractivity contribution is -0.146. The van der Waals surface area contributed by atoms with Crippen LogP contribution in [0.4, 0.5) is 5.69 Å². The van der Waals surface area contributed by atoms with E-state index in [0.717, 1.165) is 0 Å². The van der Waals surface area contributed by atoms with Crippen molar-refractivity contribution in [3.05, 3.63) is 65.7 Å². The van der Waals surface area contributed by atoms with Crippen molar-refractivity contribution in [2.24, 2.45) is 0 Å². The summed E-state index contributed by atoms with van der Waals surface area (Å²) in [6.07, 6.45) is 0. The van der Waals surface area contributed by atoms with E-state index < -0.39 is 30.4 Å². The summed E-state index contributed by atoms with van der Waals surface area (Å²) in [6.45, 7) is 1.13. The normalized spacial score (nSPS) is 9.89. The third-order valence-corrected chi connectivity index (χ3v) is 3.47. The predicted molar refractivity (Wildman–Crippen MR) is 101 cm³/mol. The minimum atomic E-state index is -0.739. The number of nitrogens with one attached hydrogen (secondary N) is 2. The van der Waals surface area contributed by atoms with E-state index in [0.29, 0.717) is 16.8 Å². The number of benzene rings is 2. The van der Waals surface area contributed by atoms with Crippen LogP contribution in [-0.4, -0.2) is 43.5 Å². The first-order valence-electron chi connectivity index (χ1n) is 8.55. The van der Waals surface area contributed by atoms with Gasteiger partial charge in [0.15, 0.2) is 6.61 Å². The summed E-state index contributed by atoms with van der Waals surface area (Å²) in [5.41, 5.74) is 1.21. The molecule has 0 bridgehead atoms. The first-order chi connectivity index (χ1) is 13.5. The van der Waals surface area contributed by atoms with Gasteiger partial charge in [-0.05, 0) is 43.3 Å². The van der Waals surface area contributed by atoms with E-state index in [1.165, 1.54) is 24.3 Å². The quantitative estimate of drug-likeness (QED) is 0.671. The van der Waals surface area contributed by atoms with Gasteiger partial charge < -0.3 is 20.1 Å². The van der Waals surface area contributed by atoms with Gasteiger partial charge in [-0.25, -0.2) is 4.79 Å². The molecule has 2 amide bonds. The van der Waals surface area contributed by atoms with Crippen molar-refractivity contribution in [3.8, 4) is 0 Å². The summed E-state index contributed by atoms with van der Waals surface area (Å²) >= 11 is 0. The highest BCUT2D eigenvalue weighted by atomic mass is 16.5. The molecule has 146 valence electrons. The molecule has 0 fully saturated rings. The van der Waals surface area contributed by atoms with Crippen LogP contribution in [0.3, 0.4) is 0 Å². The van der Waals surface area contributed by atoms with Crippen molar-refractivity contribution < 1.29 is 28.7 Å². The summed E-state index contributed by atoms with van der Waals surface area (Å²) in [5, 5.41) is 4.94. The summed E-state index contributed by atoms with van der Waals surface area (Å²) in [6, 6.07) is 14.5. The van der Waals surface area contributed by atoms with E-state index >= 15 is 0 Å². The highest BCUT2D eigenvalue weighted by molar-refractivity contribution is 5.97. The van der Waals surface area contributed by atoms with Crippen LogP contribution in [0.25, 0.3) is 0 Å². The average molecular weight is 384 g/mol. The molecule has 8 heteroatoms. The zero-order valence-electron chi connectivity index (χ0n) is 15.3. The zero-order valence-corrected chi connectivity index (χ0v) is 15.3. The SMILES string of the molecule is CCOC(=O)c1ccc(NC(=O)COC(=O)CNC(=O)c2ccccc2)cc1. The lowest BCUT2D eigenvalue weighted by Crippen LogP contribution is -2.32. The maximum Gasteiger partial charge on any atom is 0.338 e. The average Bonchev–Trinajstić information content (AvgIpc) is 2.71. The molecule has 2 N–H and O–H groups in total. The van der Waals surface area contributed by atoms with Crippen LogP contribution < -0.4 is 10.6 Å². The van der Waals surface area contributed by atoms with Crippen molar-refractivity contribution >= 4 is 29.4 Å². The van der Waals surface area contributed by atoms with Crippen molar-refractivity contribution in [1.82, 2.24) is 5.32 Å². The highest BCUT2D eigenvalue weighted by Crippen LogP contribution is 2.10. The van der Waals surface area contributed by atoms with Gasteiger partial charge in [-0.15, -0.1) is 0 Å². The number of carbonyl (C=O) groups is 4. The van der Waals surface area contributed by atoms with Crippen molar-refractivity contribution in [3.63, 3.8) is 0 Å². The smallest absolute Gasteiger partial charge is 0.338 e. The topological polar surface area (TPSA) is 111 Å². The van der Waals surface area contributed by atoms with Crippen LogP contribution in [0.1, 0.15) is 27.6 Å². The number of amides is 2. The number of carbonyl (C=O) groups excluding carboxylic acids is 4. The molecule has 0 aliphatic carbocycles. The van der Waals surface area contributed by atoms with Crippen LogP contribution >= 0.6 is 0 Å². The second-order valence-electron chi connectivity index (χ2n) is 5.56. The van der Waals surface area contributed by atoms with Gasteiger partial charge >= 0.3 is 11.9 Å². The maximum absolute atomic E-state index is 11.8. The molecule has 0 spiro atoms. The number of anilines is 1. The molecule has 2 aromatic rings. The summed E-state index contributed by atoms with van der Waals surface area (Å²) in [5.74, 6) is -2.15. The Balaban J connectivity index is 1.72. The number of hydrogen-bond acceptors (Lipinski definition) is 6. The molecule has 0 heterocycles. The highest BCUT2D eigenvalue weighted by Gasteiger charge is 2.11. The Morgan fingerprint density at radius 1 is 0.857 bits per heavy atom. The minimum absolute atomic E-state index is 0.272. The van der Waals surface area contributed by atoms with Crippen LogP contribution in [-0.2, 0) is 19.1 Å². The van der Waals surface area contributed by atoms with E-state index in [2.05, 4.69) is 10.6 Å². The first-order valence-corrected chi connectivity index (χ1v) is 8.55. The monoisotopic (exact) mass is 384 g/mol. The molecule has 0 radical (unpaired) electrons. The predicted octanol–water partition coefficient (Wildman–Crippen LogP) is 1.77. The summed E-state index contributed by atoms with van der Waals surface area (Å²) in [7, 11) is 0. The molecule has 8 nitrogen and oxygen atoms in total. The number of hydrogen-bond donors (Lipinski definition) is 2. The van der Waals surface area contributed by atoms with Gasteiger partial charge in [0, 0.05) is 11.3 Å². The van der Waals surface area contributed by atoms with Gasteiger partial charge in [0.2, 0.25) is 0 Å². The molecule has 0 saturated heterocycles. The molecule has 2 rings (SSSR count). The van der Waals surface area contributed by atoms with Gasteiger partial charge in [-0.2, -0.15) is 0 Å². The second kappa shape index (κ2) is 10.5. The first kappa shape index (κ1) is 20.6. The van der Waals surface area contributed by atoms with Gasteiger partial charge in [-0.3, -0.25) is 14.4 Å². The maximum atomic E-state index is 11.8. The minimum Gasteiger partial charge on any atom is -0.462 e. The zero-order chi connectivity index (χ0) is 20.4. The Morgan fingerprint density at radius 2 is 1.54 bits per heavy atom. The third-order valence-electron chi connectivity index (χ3n) is 3.47. The van der Waals surface area contributed by atoms with Crippen LogP contribution in [0.5, 0.6) is 0 Å². The van der Waals surface area contributed by atoms with E-state index in [1.54, 1.807) is 37.3 Å². The Hall–Kier alpha value is -3.68. The Morgan fingerprint density at radius 3 is 2.18 bits per heavy atom. The van der Waals surface area contributed by atoms with Crippen LogP contribution in [0.2, 0.25) is 0 Å². The molecule has 0 aliphatic heterocycles.